The molecule has 26 heavy (non-hydrogen) atoms. The van der Waals surface area contributed by atoms with E-state index in [2.05, 4.69) is 7.06 Å². The van der Waals surface area contributed by atoms with Crippen molar-refractivity contribution in [2.75, 3.05) is 9.86 Å². The van der Waals surface area contributed by atoms with Crippen LogP contribution in [-0.4, -0.2) is 51.8 Å². The standard InChI is InChI=1S/C14H19F5I2N2O3/c1-10(20(2)3,14-21(22-14)23-14)9(24)26-8-5-6-4-7(8)12(15,16)11(6,25)13(17,18)19/h6-8,22-23,25H,4-5H2,1-3H3. The van der Waals surface area contributed by atoms with Crippen LogP contribution in [0.15, 0.2) is 0 Å². The number of ether oxygens (including phenoxy) is 1. The molecule has 0 spiro atoms. The van der Waals surface area contributed by atoms with Crippen molar-refractivity contribution in [1.29, 1.82) is 0 Å². The molecule has 2 heterocycles. The van der Waals surface area contributed by atoms with E-state index in [1.54, 1.807) is 6.92 Å². The van der Waals surface area contributed by atoms with Crippen molar-refractivity contribution in [2.45, 2.75) is 50.7 Å². The summed E-state index contributed by atoms with van der Waals surface area (Å²) >= 11 is -3.31. The van der Waals surface area contributed by atoms with Crippen molar-refractivity contribution in [3.05, 3.63) is 0 Å². The Labute approximate surface area is 161 Å². The number of halogens is 7. The van der Waals surface area contributed by atoms with Crippen molar-refractivity contribution >= 4 is 46.2 Å². The number of carbonyl (C=O) groups excluding carboxylic acids is 1. The molecule has 2 saturated heterocycles. The molecule has 5 atom stereocenters. The van der Waals surface area contributed by atoms with Crippen LogP contribution in [-0.2, 0) is 9.53 Å². The molecule has 2 saturated carbocycles. The molecule has 2 aliphatic carbocycles. The fourth-order valence-corrected chi connectivity index (χ4v) is 17.1. The van der Waals surface area contributed by atoms with E-state index in [4.69, 9.17) is 4.74 Å². The van der Waals surface area contributed by atoms with Crippen LogP contribution in [0.3, 0.4) is 0 Å². The molecule has 5 nitrogen and oxygen atoms in total. The monoisotopic (exact) mass is 612 g/mol. The first-order valence-electron chi connectivity index (χ1n) is 7.87. The molecule has 2 aliphatic heterocycles. The molecule has 152 valence electrons. The van der Waals surface area contributed by atoms with Gasteiger partial charge in [-0.2, -0.15) is 0 Å². The van der Waals surface area contributed by atoms with Gasteiger partial charge in [-0.3, -0.25) is 0 Å². The number of hydrogen-bond donors (Lipinski definition) is 3. The van der Waals surface area contributed by atoms with E-state index in [0.717, 1.165) is 0 Å². The molecule has 0 aromatic carbocycles. The van der Waals surface area contributed by atoms with E-state index in [-0.39, 0.29) is 0 Å². The summed E-state index contributed by atoms with van der Waals surface area (Å²) in [5.74, 6) is -8.45. The van der Waals surface area contributed by atoms with Gasteiger partial charge in [0.15, 0.2) is 0 Å². The van der Waals surface area contributed by atoms with E-state index >= 15 is 0 Å². The Kier molecular flexibility index (Phi) is 4.05. The normalized spacial score (nSPS) is 42.7. The van der Waals surface area contributed by atoms with Crippen molar-refractivity contribution in [1.82, 2.24) is 7.06 Å². The quantitative estimate of drug-likeness (QED) is 0.0865. The van der Waals surface area contributed by atoms with Gasteiger partial charge in [-0.1, -0.05) is 0 Å². The van der Waals surface area contributed by atoms with Crippen LogP contribution >= 0.6 is 40.2 Å². The summed E-state index contributed by atoms with van der Waals surface area (Å²) in [4.78, 5) is 16.8. The van der Waals surface area contributed by atoms with Crippen LogP contribution < -0.4 is 7.06 Å². The van der Waals surface area contributed by atoms with E-state index in [9.17, 15) is 31.9 Å². The van der Waals surface area contributed by atoms with E-state index in [0.29, 0.717) is 0 Å². The molecule has 2 bridgehead atoms. The number of nitrogens with one attached hydrogen (secondary N) is 2. The first-order chi connectivity index (χ1) is 11.7. The van der Waals surface area contributed by atoms with Crippen LogP contribution in [0.4, 0.5) is 22.0 Å². The number of rotatable bonds is 4. The summed E-state index contributed by atoms with van der Waals surface area (Å²) in [5, 5.41) is 9.77. The van der Waals surface area contributed by atoms with Gasteiger partial charge >= 0.3 is 162 Å². The van der Waals surface area contributed by atoms with Gasteiger partial charge in [0.25, 0.3) is 0 Å². The van der Waals surface area contributed by atoms with Crippen molar-refractivity contribution in [2.24, 2.45) is 11.8 Å². The van der Waals surface area contributed by atoms with Crippen molar-refractivity contribution in [3.63, 3.8) is 0 Å². The van der Waals surface area contributed by atoms with Gasteiger partial charge in [0, 0.05) is 0 Å². The zero-order chi connectivity index (χ0) is 19.5. The molecule has 12 heteroatoms. The summed E-state index contributed by atoms with van der Waals surface area (Å²) in [6.45, 7) is 1.77. The number of esters is 1. The number of hydrogen-bond acceptors (Lipinski definition) is 5. The Bertz CT molecular complexity index is 671. The predicted octanol–water partition coefficient (Wildman–Crippen LogP) is 2.59. The zero-order valence-corrected chi connectivity index (χ0v) is 18.4. The summed E-state index contributed by atoms with van der Waals surface area (Å²) in [5.41, 5.74) is -4.04. The van der Waals surface area contributed by atoms with E-state index in [1.165, 1.54) is 0 Å². The molecule has 4 rings (SSSR count). The minimum absolute atomic E-state index is 0.393. The topological polar surface area (TPSA) is 90.4 Å². The average Bonchev–Trinajstić information content (AvgIpc) is 3.30. The van der Waals surface area contributed by atoms with Crippen LogP contribution in [0, 0.1) is 11.8 Å². The van der Waals surface area contributed by atoms with Crippen LogP contribution in [0.5, 0.6) is 0 Å². The zero-order valence-electron chi connectivity index (χ0n) is 14.1. The maximum absolute atomic E-state index is 14.4. The molecular weight excluding hydrogens is 593 g/mol. The average molecular weight is 612 g/mol. The van der Waals surface area contributed by atoms with E-state index in [1.807, 2.05) is 9.86 Å². The molecule has 0 amide bonds. The summed E-state index contributed by atoms with van der Waals surface area (Å²) in [6.07, 6.45) is -7.62. The molecule has 3 N–H and O–H groups in total. The SMILES string of the molecule is CI(C)C(C)(C(=O)OC1CC2CC1C(F)(F)C2(O)C(F)(F)F)C12NI1N2. The summed E-state index contributed by atoms with van der Waals surface area (Å²) in [7, 11) is 0. The molecule has 4 aliphatic rings. The molecule has 0 radical (unpaired) electrons. The van der Waals surface area contributed by atoms with E-state index < -0.39 is 102 Å². The Morgan fingerprint density at radius 1 is 1.27 bits per heavy atom. The van der Waals surface area contributed by atoms with Crippen LogP contribution in [0.25, 0.3) is 0 Å². The third kappa shape index (κ3) is 2.13. The van der Waals surface area contributed by atoms with Gasteiger partial charge in [0.1, 0.15) is 0 Å². The van der Waals surface area contributed by atoms with Gasteiger partial charge in [0.2, 0.25) is 0 Å². The number of carbonyl (C=O) groups is 1. The van der Waals surface area contributed by atoms with Gasteiger partial charge in [-0.05, 0) is 0 Å². The first kappa shape index (κ1) is 19.8. The Hall–Kier alpha value is 0.460. The third-order valence-corrected chi connectivity index (χ3v) is 17.7. The summed E-state index contributed by atoms with van der Waals surface area (Å²) < 4.78 is 78.9. The predicted molar refractivity (Wildman–Crippen MR) is 99.3 cm³/mol. The Morgan fingerprint density at radius 3 is 2.19 bits per heavy atom. The molecule has 0 aromatic heterocycles. The minimum atomic E-state index is -5.43. The fraction of sp³-hybridized carbons (Fsp3) is 0.929. The summed E-state index contributed by atoms with van der Waals surface area (Å²) in [6, 6.07) is 0. The second-order valence-electron chi connectivity index (χ2n) is 7.50. The Morgan fingerprint density at radius 2 is 1.81 bits per heavy atom. The molecule has 4 fully saturated rings. The molecule has 5 unspecified atom stereocenters. The third-order valence-electron chi connectivity index (χ3n) is 6.21. The Balaban J connectivity index is 1.55. The van der Waals surface area contributed by atoms with Gasteiger partial charge in [0.05, 0.1) is 0 Å². The van der Waals surface area contributed by atoms with Gasteiger partial charge in [-0.25, -0.2) is 0 Å². The van der Waals surface area contributed by atoms with Crippen molar-refractivity contribution in [3.8, 4) is 0 Å². The number of fused-ring (bicyclic) bond motifs is 3. The second-order valence-corrected chi connectivity index (χ2v) is 18.3. The number of alkyl halides is 9. The molecular formula is C14H19F5I2N2O3. The number of aliphatic hydroxyl groups is 1. The molecule has 0 aromatic rings. The second kappa shape index (κ2) is 5.33. The first-order valence-corrected chi connectivity index (χ1v) is 16.5. The fourth-order valence-electron chi connectivity index (χ4n) is 4.21. The van der Waals surface area contributed by atoms with Gasteiger partial charge in [-0.15, -0.1) is 0 Å². The van der Waals surface area contributed by atoms with Gasteiger partial charge < -0.3 is 0 Å². The van der Waals surface area contributed by atoms with Crippen molar-refractivity contribution < 1.29 is 36.6 Å². The maximum atomic E-state index is 14.4. The van der Waals surface area contributed by atoms with Crippen LogP contribution in [0.2, 0.25) is 0 Å². The van der Waals surface area contributed by atoms with Crippen LogP contribution in [0.1, 0.15) is 19.8 Å².